The van der Waals surface area contributed by atoms with Gasteiger partial charge in [0.25, 0.3) is 11.6 Å². The van der Waals surface area contributed by atoms with Crippen LogP contribution in [0.25, 0.3) is 11.1 Å². The van der Waals surface area contributed by atoms with E-state index in [0.29, 0.717) is 5.69 Å². The molecule has 0 aromatic heterocycles. The molecule has 2 N–H and O–H groups in total. The van der Waals surface area contributed by atoms with E-state index in [4.69, 9.17) is 11.6 Å². The molecule has 0 aliphatic carbocycles. The molecule has 0 saturated heterocycles. The SMILES string of the molecule is CCCCCNc1ccc(-c2ccc(NC(=O)c3cc([N+](=O)[O-])ccc3Cl)cc2)cc1. The van der Waals surface area contributed by atoms with E-state index < -0.39 is 10.8 Å². The van der Waals surface area contributed by atoms with Crippen molar-refractivity contribution in [3.63, 3.8) is 0 Å². The van der Waals surface area contributed by atoms with Crippen molar-refractivity contribution in [1.82, 2.24) is 0 Å². The molecule has 0 atom stereocenters. The van der Waals surface area contributed by atoms with Gasteiger partial charge in [0.1, 0.15) is 0 Å². The van der Waals surface area contributed by atoms with Crippen molar-refractivity contribution in [3.05, 3.63) is 87.4 Å². The second kappa shape index (κ2) is 10.6. The monoisotopic (exact) mass is 437 g/mol. The largest absolute Gasteiger partial charge is 0.385 e. The standard InChI is InChI=1S/C24H24ClN3O3/c1-2-3-4-15-26-19-9-5-17(6-10-19)18-7-11-20(12-8-18)27-24(29)22-16-21(28(30)31)13-14-23(22)25/h5-14,16,26H,2-4,15H2,1H3,(H,27,29). The average molecular weight is 438 g/mol. The number of nitrogens with one attached hydrogen (secondary N) is 2. The summed E-state index contributed by atoms with van der Waals surface area (Å²) in [7, 11) is 0. The lowest BCUT2D eigenvalue weighted by molar-refractivity contribution is -0.384. The van der Waals surface area contributed by atoms with E-state index in [1.807, 2.05) is 12.1 Å². The summed E-state index contributed by atoms with van der Waals surface area (Å²) in [6, 6.07) is 19.4. The lowest BCUT2D eigenvalue weighted by atomic mass is 10.0. The highest BCUT2D eigenvalue weighted by atomic mass is 35.5. The summed E-state index contributed by atoms with van der Waals surface area (Å²) in [4.78, 5) is 22.9. The molecule has 0 radical (unpaired) electrons. The molecular formula is C24H24ClN3O3. The summed E-state index contributed by atoms with van der Waals surface area (Å²) in [5, 5.41) is 17.2. The molecule has 6 nitrogen and oxygen atoms in total. The van der Waals surface area contributed by atoms with Crippen LogP contribution in [0.1, 0.15) is 36.5 Å². The van der Waals surface area contributed by atoms with E-state index in [9.17, 15) is 14.9 Å². The van der Waals surface area contributed by atoms with Crippen molar-refractivity contribution < 1.29 is 9.72 Å². The Labute approximate surface area is 186 Å². The molecule has 1 amide bonds. The van der Waals surface area contributed by atoms with Crippen LogP contribution >= 0.6 is 11.6 Å². The molecule has 0 unspecified atom stereocenters. The van der Waals surface area contributed by atoms with Gasteiger partial charge in [-0.15, -0.1) is 0 Å². The number of halogens is 1. The van der Waals surface area contributed by atoms with Gasteiger partial charge in [0.2, 0.25) is 0 Å². The number of unbranched alkanes of at least 4 members (excludes halogenated alkanes) is 2. The van der Waals surface area contributed by atoms with Gasteiger partial charge in [-0.3, -0.25) is 14.9 Å². The highest BCUT2D eigenvalue weighted by Crippen LogP contribution is 2.25. The zero-order chi connectivity index (χ0) is 22.2. The van der Waals surface area contributed by atoms with Gasteiger partial charge in [-0.05, 0) is 47.9 Å². The normalized spacial score (nSPS) is 10.5. The summed E-state index contributed by atoms with van der Waals surface area (Å²) < 4.78 is 0. The minimum Gasteiger partial charge on any atom is -0.385 e. The van der Waals surface area contributed by atoms with Crippen LogP contribution in [0.15, 0.2) is 66.7 Å². The number of benzene rings is 3. The third-order valence-corrected chi connectivity index (χ3v) is 5.21. The van der Waals surface area contributed by atoms with Crippen LogP contribution in [0.3, 0.4) is 0 Å². The van der Waals surface area contributed by atoms with Crippen molar-refractivity contribution in [2.75, 3.05) is 17.2 Å². The number of hydrogen-bond acceptors (Lipinski definition) is 4. The Morgan fingerprint density at radius 2 is 1.55 bits per heavy atom. The predicted molar refractivity (Wildman–Crippen MR) is 126 cm³/mol. The molecule has 160 valence electrons. The predicted octanol–water partition coefficient (Wildman–Crippen LogP) is 6.77. The van der Waals surface area contributed by atoms with E-state index in [2.05, 4.69) is 41.8 Å². The molecular weight excluding hydrogens is 414 g/mol. The summed E-state index contributed by atoms with van der Waals surface area (Å²) in [5.74, 6) is -0.500. The van der Waals surface area contributed by atoms with Gasteiger partial charge in [-0.25, -0.2) is 0 Å². The number of rotatable bonds is 9. The number of nitro benzene ring substituents is 1. The summed E-state index contributed by atoms with van der Waals surface area (Å²) in [6.07, 6.45) is 3.59. The van der Waals surface area contributed by atoms with Gasteiger partial charge >= 0.3 is 0 Å². The number of nitro groups is 1. The minimum atomic E-state index is -0.562. The van der Waals surface area contributed by atoms with Crippen molar-refractivity contribution in [2.24, 2.45) is 0 Å². The number of non-ortho nitro benzene ring substituents is 1. The van der Waals surface area contributed by atoms with Gasteiger partial charge in [0.05, 0.1) is 15.5 Å². The molecule has 0 fully saturated rings. The van der Waals surface area contributed by atoms with Gasteiger partial charge in [0.15, 0.2) is 0 Å². The topological polar surface area (TPSA) is 84.3 Å². The van der Waals surface area contributed by atoms with Crippen molar-refractivity contribution in [3.8, 4) is 11.1 Å². The van der Waals surface area contributed by atoms with Crippen LogP contribution in [0, 0.1) is 10.1 Å². The van der Waals surface area contributed by atoms with Crippen LogP contribution in [0.4, 0.5) is 17.1 Å². The Kier molecular flexibility index (Phi) is 7.62. The summed E-state index contributed by atoms with van der Waals surface area (Å²) in [5.41, 5.74) is 3.63. The number of nitrogens with zero attached hydrogens (tertiary/aromatic N) is 1. The first kappa shape index (κ1) is 22.3. The number of anilines is 2. The zero-order valence-corrected chi connectivity index (χ0v) is 18.0. The van der Waals surface area contributed by atoms with Crippen molar-refractivity contribution >= 4 is 34.6 Å². The van der Waals surface area contributed by atoms with Crippen LogP contribution in [-0.2, 0) is 0 Å². The molecule has 31 heavy (non-hydrogen) atoms. The van der Waals surface area contributed by atoms with E-state index in [-0.39, 0.29) is 16.3 Å². The smallest absolute Gasteiger partial charge is 0.270 e. The van der Waals surface area contributed by atoms with Crippen LogP contribution in [0.5, 0.6) is 0 Å². The Morgan fingerprint density at radius 3 is 2.13 bits per heavy atom. The molecule has 0 saturated carbocycles. The maximum absolute atomic E-state index is 12.5. The fraction of sp³-hybridized carbons (Fsp3) is 0.208. The lowest BCUT2D eigenvalue weighted by Crippen LogP contribution is -2.12. The molecule has 0 bridgehead atoms. The second-order valence-electron chi connectivity index (χ2n) is 7.16. The Morgan fingerprint density at radius 1 is 0.935 bits per heavy atom. The molecule has 3 aromatic carbocycles. The highest BCUT2D eigenvalue weighted by molar-refractivity contribution is 6.34. The number of carbonyl (C=O) groups excluding carboxylic acids is 1. The molecule has 7 heteroatoms. The van der Waals surface area contributed by atoms with Crippen LogP contribution in [0.2, 0.25) is 5.02 Å². The van der Waals surface area contributed by atoms with Crippen molar-refractivity contribution in [2.45, 2.75) is 26.2 Å². The molecule has 3 rings (SSSR count). The van der Waals surface area contributed by atoms with Gasteiger partial charge in [-0.1, -0.05) is 55.6 Å². The third kappa shape index (κ3) is 6.06. The zero-order valence-electron chi connectivity index (χ0n) is 17.2. The lowest BCUT2D eigenvalue weighted by Gasteiger charge is -2.09. The van der Waals surface area contributed by atoms with Gasteiger partial charge in [0, 0.05) is 30.1 Å². The first-order valence-electron chi connectivity index (χ1n) is 10.2. The van der Waals surface area contributed by atoms with E-state index in [0.717, 1.165) is 29.8 Å². The number of carbonyl (C=O) groups is 1. The molecule has 0 aliphatic heterocycles. The third-order valence-electron chi connectivity index (χ3n) is 4.88. The van der Waals surface area contributed by atoms with Crippen LogP contribution in [-0.4, -0.2) is 17.4 Å². The molecule has 0 heterocycles. The Hall–Kier alpha value is -3.38. The summed E-state index contributed by atoms with van der Waals surface area (Å²) >= 11 is 6.04. The number of hydrogen-bond donors (Lipinski definition) is 2. The Balaban J connectivity index is 1.64. The van der Waals surface area contributed by atoms with Crippen LogP contribution < -0.4 is 10.6 Å². The number of amides is 1. The van der Waals surface area contributed by atoms with E-state index in [1.165, 1.54) is 31.0 Å². The second-order valence-corrected chi connectivity index (χ2v) is 7.57. The maximum Gasteiger partial charge on any atom is 0.270 e. The molecule has 0 aliphatic rings. The van der Waals surface area contributed by atoms with Crippen molar-refractivity contribution in [1.29, 1.82) is 0 Å². The average Bonchev–Trinajstić information content (AvgIpc) is 2.78. The first-order chi connectivity index (χ1) is 15.0. The maximum atomic E-state index is 12.5. The first-order valence-corrected chi connectivity index (χ1v) is 10.6. The minimum absolute atomic E-state index is 0.0574. The molecule has 3 aromatic rings. The highest BCUT2D eigenvalue weighted by Gasteiger charge is 2.16. The van der Waals surface area contributed by atoms with E-state index in [1.54, 1.807) is 12.1 Å². The molecule has 0 spiro atoms. The fourth-order valence-corrected chi connectivity index (χ4v) is 3.34. The van der Waals surface area contributed by atoms with E-state index >= 15 is 0 Å². The summed E-state index contributed by atoms with van der Waals surface area (Å²) in [6.45, 7) is 3.16. The quantitative estimate of drug-likeness (QED) is 0.220. The Bertz CT molecular complexity index is 1050. The van der Waals surface area contributed by atoms with Gasteiger partial charge in [-0.2, -0.15) is 0 Å². The fourth-order valence-electron chi connectivity index (χ4n) is 3.13. The van der Waals surface area contributed by atoms with Gasteiger partial charge < -0.3 is 10.6 Å².